The molecule has 1 unspecified atom stereocenters. The molecule has 1 N–H and O–H groups in total. The van der Waals surface area contributed by atoms with Crippen LogP contribution in [-0.2, 0) is 25.5 Å². The summed E-state index contributed by atoms with van der Waals surface area (Å²) in [5, 5.41) is 3.27. The molecule has 1 aromatic rings. The number of amides is 1. The van der Waals surface area contributed by atoms with Gasteiger partial charge < -0.3 is 10.1 Å². The molecule has 166 valence electrons. The van der Waals surface area contributed by atoms with E-state index in [9.17, 15) is 14.4 Å². The molecule has 0 saturated heterocycles. The third kappa shape index (κ3) is 16.8. The summed E-state index contributed by atoms with van der Waals surface area (Å²) >= 11 is 1.69. The van der Waals surface area contributed by atoms with Crippen molar-refractivity contribution in [3.05, 3.63) is 29.8 Å². The number of ketones is 1. The highest BCUT2D eigenvalue weighted by molar-refractivity contribution is 8.00. The van der Waals surface area contributed by atoms with E-state index < -0.39 is 0 Å². The van der Waals surface area contributed by atoms with Crippen molar-refractivity contribution in [2.24, 2.45) is 0 Å². The van der Waals surface area contributed by atoms with Crippen molar-refractivity contribution in [1.82, 2.24) is 0 Å². The van der Waals surface area contributed by atoms with Crippen LogP contribution in [0.15, 0.2) is 24.3 Å². The molecule has 0 radical (unpaired) electrons. The fourth-order valence-electron chi connectivity index (χ4n) is 2.19. The van der Waals surface area contributed by atoms with Gasteiger partial charge in [0.25, 0.3) is 0 Å². The zero-order chi connectivity index (χ0) is 22.7. The van der Waals surface area contributed by atoms with E-state index in [1.807, 2.05) is 52.0 Å². The van der Waals surface area contributed by atoms with Crippen LogP contribution in [0.4, 0.5) is 5.69 Å². The number of carbonyl (C=O) groups is 3. The largest absolute Gasteiger partial charge is 0.469 e. The zero-order valence-corrected chi connectivity index (χ0v) is 20.0. The van der Waals surface area contributed by atoms with Gasteiger partial charge in [-0.15, -0.1) is 0 Å². The number of hydrogen-bond acceptors (Lipinski definition) is 5. The Balaban J connectivity index is 0. The Labute approximate surface area is 181 Å². The predicted molar refractivity (Wildman–Crippen MR) is 125 cm³/mol. The monoisotopic (exact) mass is 425 g/mol. The van der Waals surface area contributed by atoms with Gasteiger partial charge in [-0.2, -0.15) is 11.8 Å². The second-order valence-electron chi connectivity index (χ2n) is 6.04. The lowest BCUT2D eigenvalue weighted by molar-refractivity contribution is -0.140. The van der Waals surface area contributed by atoms with Gasteiger partial charge in [0.05, 0.1) is 12.9 Å². The molecule has 1 aromatic carbocycles. The molecule has 0 aromatic heterocycles. The molecular weight excluding hydrogens is 386 g/mol. The van der Waals surface area contributed by atoms with E-state index in [-0.39, 0.29) is 24.1 Å². The Morgan fingerprint density at radius 1 is 1.03 bits per heavy atom. The predicted octanol–water partition coefficient (Wildman–Crippen LogP) is 5.66. The number of carbonyl (C=O) groups excluding carboxylic acids is 3. The SMILES string of the molecule is CC.CC.COC(=O)CCCC(=O)Nc1ccc(CCC(C)SCC(C)=O)cc1. The Morgan fingerprint density at radius 3 is 2.14 bits per heavy atom. The zero-order valence-electron chi connectivity index (χ0n) is 19.2. The average molecular weight is 426 g/mol. The number of methoxy groups -OCH3 is 1. The Hall–Kier alpha value is -1.82. The second-order valence-corrected chi connectivity index (χ2v) is 7.46. The summed E-state index contributed by atoms with van der Waals surface area (Å²) in [5.74, 6) is 0.379. The van der Waals surface area contributed by atoms with E-state index in [0.29, 0.717) is 23.8 Å². The number of ether oxygens (including phenoxy) is 1. The molecule has 0 saturated carbocycles. The lowest BCUT2D eigenvalue weighted by Crippen LogP contribution is -2.12. The summed E-state index contributed by atoms with van der Waals surface area (Å²) in [7, 11) is 1.34. The number of benzene rings is 1. The van der Waals surface area contributed by atoms with Crippen molar-refractivity contribution in [2.45, 2.75) is 78.9 Å². The summed E-state index contributed by atoms with van der Waals surface area (Å²) in [5.41, 5.74) is 1.96. The molecular formula is C23H39NO4S. The third-order valence-electron chi connectivity index (χ3n) is 3.66. The standard InChI is InChI=1S/C19H27NO4S.2C2H6/c1-14(21)13-25-15(2)7-8-16-9-11-17(12-10-16)20-18(22)5-4-6-19(23)24-3;2*1-2/h9-12,15H,4-8,13H2,1-3H3,(H,20,22);2*1-2H3. The van der Waals surface area contributed by atoms with E-state index in [0.717, 1.165) is 18.5 Å². The summed E-state index contributed by atoms with van der Waals surface area (Å²) in [6, 6.07) is 7.79. The highest BCUT2D eigenvalue weighted by Crippen LogP contribution is 2.18. The summed E-state index contributed by atoms with van der Waals surface area (Å²) in [6.07, 6.45) is 2.98. The van der Waals surface area contributed by atoms with Crippen LogP contribution in [0.5, 0.6) is 0 Å². The van der Waals surface area contributed by atoms with Crippen molar-refractivity contribution in [3.63, 3.8) is 0 Å². The highest BCUT2D eigenvalue weighted by atomic mass is 32.2. The van der Waals surface area contributed by atoms with E-state index in [4.69, 9.17) is 0 Å². The van der Waals surface area contributed by atoms with Crippen molar-refractivity contribution in [2.75, 3.05) is 18.2 Å². The summed E-state index contributed by atoms with van der Waals surface area (Å²) in [4.78, 5) is 33.8. The van der Waals surface area contributed by atoms with Crippen molar-refractivity contribution in [3.8, 4) is 0 Å². The molecule has 0 aliphatic heterocycles. The molecule has 1 rings (SSSR count). The maximum atomic E-state index is 11.8. The molecule has 5 nitrogen and oxygen atoms in total. The van der Waals surface area contributed by atoms with Gasteiger partial charge in [0.2, 0.25) is 5.91 Å². The Bertz CT molecular complexity index is 573. The fourth-order valence-corrected chi connectivity index (χ4v) is 2.99. The van der Waals surface area contributed by atoms with Crippen molar-refractivity contribution < 1.29 is 19.1 Å². The van der Waals surface area contributed by atoms with Gasteiger partial charge in [-0.25, -0.2) is 0 Å². The van der Waals surface area contributed by atoms with Crippen LogP contribution >= 0.6 is 11.8 Å². The number of nitrogens with one attached hydrogen (secondary N) is 1. The van der Waals surface area contributed by atoms with Gasteiger partial charge in [0.1, 0.15) is 5.78 Å². The first-order chi connectivity index (χ1) is 13.9. The minimum atomic E-state index is -0.298. The highest BCUT2D eigenvalue weighted by Gasteiger charge is 2.07. The van der Waals surface area contributed by atoms with E-state index in [1.54, 1.807) is 18.7 Å². The molecule has 1 atom stereocenters. The van der Waals surface area contributed by atoms with Crippen LogP contribution in [0, 0.1) is 0 Å². The van der Waals surface area contributed by atoms with Gasteiger partial charge in [0.15, 0.2) is 0 Å². The smallest absolute Gasteiger partial charge is 0.305 e. The molecule has 1 amide bonds. The Morgan fingerprint density at radius 2 is 1.62 bits per heavy atom. The molecule has 6 heteroatoms. The first-order valence-electron chi connectivity index (χ1n) is 10.5. The Kier molecular flexibility index (Phi) is 19.8. The molecule has 0 aliphatic rings. The van der Waals surface area contributed by atoms with E-state index in [2.05, 4.69) is 17.0 Å². The number of rotatable bonds is 11. The normalized spacial score (nSPS) is 10.4. The number of hydrogen-bond donors (Lipinski definition) is 1. The molecule has 0 spiro atoms. The lowest BCUT2D eigenvalue weighted by Gasteiger charge is -2.10. The molecule has 29 heavy (non-hydrogen) atoms. The second kappa shape index (κ2) is 19.5. The lowest BCUT2D eigenvalue weighted by atomic mass is 10.1. The number of aryl methyl sites for hydroxylation is 1. The number of esters is 1. The summed E-state index contributed by atoms with van der Waals surface area (Å²) < 4.78 is 4.54. The molecule has 0 aliphatic carbocycles. The number of thioether (sulfide) groups is 1. The van der Waals surface area contributed by atoms with E-state index >= 15 is 0 Å². The average Bonchev–Trinajstić information content (AvgIpc) is 2.74. The van der Waals surface area contributed by atoms with Gasteiger partial charge in [-0.1, -0.05) is 46.8 Å². The molecule has 0 bridgehead atoms. The maximum Gasteiger partial charge on any atom is 0.305 e. The topological polar surface area (TPSA) is 72.5 Å². The maximum absolute atomic E-state index is 11.8. The molecule has 0 fully saturated rings. The van der Waals surface area contributed by atoms with E-state index in [1.165, 1.54) is 12.7 Å². The van der Waals surface area contributed by atoms with Crippen LogP contribution < -0.4 is 5.32 Å². The molecule has 0 heterocycles. The number of anilines is 1. The van der Waals surface area contributed by atoms with Gasteiger partial charge in [-0.3, -0.25) is 14.4 Å². The minimum Gasteiger partial charge on any atom is -0.469 e. The summed E-state index contributed by atoms with van der Waals surface area (Å²) in [6.45, 7) is 11.7. The van der Waals surface area contributed by atoms with Crippen LogP contribution in [0.2, 0.25) is 0 Å². The minimum absolute atomic E-state index is 0.106. The number of Topliss-reactive ketones (excluding diaryl/α,β-unsaturated/α-hetero) is 1. The van der Waals surface area contributed by atoms with Crippen molar-refractivity contribution in [1.29, 1.82) is 0 Å². The van der Waals surface area contributed by atoms with Crippen LogP contribution in [-0.4, -0.2) is 35.8 Å². The third-order valence-corrected chi connectivity index (χ3v) is 5.04. The fraction of sp³-hybridized carbons (Fsp3) is 0.609. The first-order valence-corrected chi connectivity index (χ1v) is 11.5. The van der Waals surface area contributed by atoms with Crippen LogP contribution in [0.1, 0.15) is 72.8 Å². The van der Waals surface area contributed by atoms with Crippen LogP contribution in [0.25, 0.3) is 0 Å². The van der Waals surface area contributed by atoms with Gasteiger partial charge >= 0.3 is 5.97 Å². The van der Waals surface area contributed by atoms with Gasteiger partial charge in [-0.05, 0) is 43.9 Å². The van der Waals surface area contributed by atoms with Crippen LogP contribution in [0.3, 0.4) is 0 Å². The van der Waals surface area contributed by atoms with Gasteiger partial charge in [0, 0.05) is 23.8 Å². The first kappa shape index (κ1) is 29.4. The quantitative estimate of drug-likeness (QED) is 0.463. The van der Waals surface area contributed by atoms with Crippen molar-refractivity contribution >= 4 is 35.1 Å².